The summed E-state index contributed by atoms with van der Waals surface area (Å²) in [6.45, 7) is 6.25. The Morgan fingerprint density at radius 2 is 2.44 bits per heavy atom. The first-order chi connectivity index (χ1) is 7.72. The average molecular weight is 283 g/mol. The summed E-state index contributed by atoms with van der Waals surface area (Å²) >= 11 is 3.40. The van der Waals surface area contributed by atoms with Crippen LogP contribution in [-0.4, -0.2) is 18.2 Å². The first kappa shape index (κ1) is 12.8. The highest BCUT2D eigenvalue weighted by molar-refractivity contribution is 9.09. The van der Waals surface area contributed by atoms with Crippen molar-refractivity contribution in [2.75, 3.05) is 11.9 Å². The van der Waals surface area contributed by atoms with E-state index in [0.29, 0.717) is 17.9 Å². The van der Waals surface area contributed by atoms with E-state index < -0.39 is 0 Å². The standard InChI is InChI=1S/C12H15BrN2O/c1-3-16-9(2)11(8-14)12-6-10(7-13)4-5-15-12/h4-6,8,14-15H,2-3,7H2,1H3/b12-11+,14-8?. The van der Waals surface area contributed by atoms with E-state index in [0.717, 1.165) is 16.6 Å². The van der Waals surface area contributed by atoms with Crippen LogP contribution in [0.2, 0.25) is 0 Å². The summed E-state index contributed by atoms with van der Waals surface area (Å²) < 4.78 is 5.31. The lowest BCUT2D eigenvalue weighted by atomic mass is 10.1. The molecule has 1 rings (SSSR count). The molecule has 0 fully saturated rings. The number of hydrogen-bond acceptors (Lipinski definition) is 3. The highest BCUT2D eigenvalue weighted by atomic mass is 79.9. The zero-order valence-corrected chi connectivity index (χ0v) is 10.8. The minimum atomic E-state index is 0.514. The minimum absolute atomic E-state index is 0.514. The van der Waals surface area contributed by atoms with Crippen molar-refractivity contribution in [3.63, 3.8) is 0 Å². The minimum Gasteiger partial charge on any atom is -0.494 e. The molecule has 86 valence electrons. The Bertz CT molecular complexity index is 380. The summed E-state index contributed by atoms with van der Waals surface area (Å²) in [4.78, 5) is 0. The van der Waals surface area contributed by atoms with Gasteiger partial charge >= 0.3 is 0 Å². The van der Waals surface area contributed by atoms with E-state index in [2.05, 4.69) is 27.8 Å². The molecule has 0 aliphatic carbocycles. The Morgan fingerprint density at radius 3 is 3.00 bits per heavy atom. The van der Waals surface area contributed by atoms with Gasteiger partial charge in [0.25, 0.3) is 0 Å². The van der Waals surface area contributed by atoms with Crippen LogP contribution in [0, 0.1) is 5.41 Å². The molecule has 0 saturated heterocycles. The predicted octanol–water partition coefficient (Wildman–Crippen LogP) is 2.88. The Balaban J connectivity index is 3.01. The number of allylic oxidation sites excluding steroid dienone is 4. The van der Waals surface area contributed by atoms with Crippen LogP contribution in [-0.2, 0) is 4.74 Å². The third-order valence-corrected chi connectivity index (χ3v) is 2.72. The smallest absolute Gasteiger partial charge is 0.122 e. The van der Waals surface area contributed by atoms with Gasteiger partial charge in [-0.05, 0) is 24.6 Å². The molecule has 0 bridgehead atoms. The van der Waals surface area contributed by atoms with Crippen LogP contribution in [0.15, 0.2) is 47.5 Å². The summed E-state index contributed by atoms with van der Waals surface area (Å²) in [7, 11) is 0. The van der Waals surface area contributed by atoms with Gasteiger partial charge in [0, 0.05) is 17.7 Å². The molecule has 2 N–H and O–H groups in total. The molecule has 0 saturated carbocycles. The maximum Gasteiger partial charge on any atom is 0.122 e. The van der Waals surface area contributed by atoms with Crippen molar-refractivity contribution in [1.29, 1.82) is 5.41 Å². The maximum absolute atomic E-state index is 7.40. The quantitative estimate of drug-likeness (QED) is 0.463. The van der Waals surface area contributed by atoms with Crippen molar-refractivity contribution in [3.8, 4) is 0 Å². The molecule has 0 radical (unpaired) electrons. The van der Waals surface area contributed by atoms with Gasteiger partial charge in [-0.25, -0.2) is 0 Å². The highest BCUT2D eigenvalue weighted by Gasteiger charge is 2.09. The SMILES string of the molecule is C=C(OCC)/C(C=N)=C1\C=C(CBr)C=CN1. The van der Waals surface area contributed by atoms with Gasteiger partial charge in [-0.2, -0.15) is 0 Å². The number of halogens is 1. The van der Waals surface area contributed by atoms with Gasteiger partial charge in [0.2, 0.25) is 0 Å². The van der Waals surface area contributed by atoms with Crippen molar-refractivity contribution < 1.29 is 4.74 Å². The van der Waals surface area contributed by atoms with Crippen LogP contribution in [0.5, 0.6) is 0 Å². The lowest BCUT2D eigenvalue weighted by Gasteiger charge is -2.15. The molecule has 0 amide bonds. The summed E-state index contributed by atoms with van der Waals surface area (Å²) in [5.41, 5.74) is 2.65. The molecular weight excluding hydrogens is 268 g/mol. The third kappa shape index (κ3) is 3.10. The highest BCUT2D eigenvalue weighted by Crippen LogP contribution is 2.17. The monoisotopic (exact) mass is 282 g/mol. The van der Waals surface area contributed by atoms with Crippen LogP contribution in [0.3, 0.4) is 0 Å². The number of dihydropyridines is 1. The van der Waals surface area contributed by atoms with Crippen molar-refractivity contribution in [2.45, 2.75) is 6.92 Å². The molecule has 1 heterocycles. The van der Waals surface area contributed by atoms with E-state index in [9.17, 15) is 0 Å². The predicted molar refractivity (Wildman–Crippen MR) is 70.7 cm³/mol. The van der Waals surface area contributed by atoms with E-state index in [4.69, 9.17) is 10.1 Å². The van der Waals surface area contributed by atoms with Crippen molar-refractivity contribution >= 4 is 22.1 Å². The maximum atomic E-state index is 7.40. The molecule has 0 aromatic rings. The van der Waals surface area contributed by atoms with Gasteiger partial charge in [-0.15, -0.1) is 0 Å². The van der Waals surface area contributed by atoms with Crippen LogP contribution >= 0.6 is 15.9 Å². The second-order valence-corrected chi connectivity index (χ2v) is 3.72. The molecule has 0 aromatic carbocycles. The zero-order valence-electron chi connectivity index (χ0n) is 9.22. The molecule has 3 nitrogen and oxygen atoms in total. The van der Waals surface area contributed by atoms with Crippen molar-refractivity contribution in [3.05, 3.63) is 47.5 Å². The number of ether oxygens (including phenoxy) is 1. The summed E-state index contributed by atoms with van der Waals surface area (Å²) in [5.74, 6) is 0.514. The Hall–Kier alpha value is -1.29. The van der Waals surface area contributed by atoms with Crippen LogP contribution in [0.1, 0.15) is 6.92 Å². The van der Waals surface area contributed by atoms with Gasteiger partial charge in [-0.3, -0.25) is 0 Å². The fraction of sp³-hybridized carbons (Fsp3) is 0.250. The van der Waals surface area contributed by atoms with E-state index in [1.807, 2.05) is 25.3 Å². The molecule has 1 aliphatic rings. The first-order valence-corrected chi connectivity index (χ1v) is 6.11. The molecule has 16 heavy (non-hydrogen) atoms. The molecule has 1 aliphatic heterocycles. The van der Waals surface area contributed by atoms with Gasteiger partial charge < -0.3 is 15.5 Å². The summed E-state index contributed by atoms with van der Waals surface area (Å²) in [6, 6.07) is 0. The molecule has 0 unspecified atom stereocenters. The van der Waals surface area contributed by atoms with Crippen molar-refractivity contribution in [1.82, 2.24) is 5.32 Å². The van der Waals surface area contributed by atoms with Gasteiger partial charge in [0.1, 0.15) is 5.76 Å². The molecule has 0 spiro atoms. The van der Waals surface area contributed by atoms with Crippen LogP contribution in [0.25, 0.3) is 0 Å². The molecule has 0 atom stereocenters. The normalized spacial score (nSPS) is 17.2. The zero-order chi connectivity index (χ0) is 12.0. The fourth-order valence-corrected chi connectivity index (χ4v) is 1.66. The van der Waals surface area contributed by atoms with Crippen molar-refractivity contribution in [2.24, 2.45) is 0 Å². The molecular formula is C12H15BrN2O. The van der Waals surface area contributed by atoms with E-state index >= 15 is 0 Å². The fourth-order valence-electron chi connectivity index (χ4n) is 1.31. The number of hydrogen-bond donors (Lipinski definition) is 2. The van der Waals surface area contributed by atoms with E-state index in [1.54, 1.807) is 0 Å². The van der Waals surface area contributed by atoms with Crippen LogP contribution < -0.4 is 5.32 Å². The number of nitrogens with one attached hydrogen (secondary N) is 2. The lowest BCUT2D eigenvalue weighted by Crippen LogP contribution is -2.13. The van der Waals surface area contributed by atoms with Gasteiger partial charge in [0.15, 0.2) is 0 Å². The number of alkyl halides is 1. The Labute approximate surface area is 104 Å². The molecule has 4 heteroatoms. The average Bonchev–Trinajstić information content (AvgIpc) is 2.31. The second kappa shape index (κ2) is 6.33. The van der Waals surface area contributed by atoms with Gasteiger partial charge in [-0.1, -0.05) is 22.5 Å². The second-order valence-electron chi connectivity index (χ2n) is 3.16. The third-order valence-electron chi connectivity index (χ3n) is 2.07. The first-order valence-electron chi connectivity index (χ1n) is 4.99. The topological polar surface area (TPSA) is 45.1 Å². The largest absolute Gasteiger partial charge is 0.494 e. The summed E-state index contributed by atoms with van der Waals surface area (Å²) in [6.07, 6.45) is 7.04. The van der Waals surface area contributed by atoms with E-state index in [-0.39, 0.29) is 0 Å². The molecule has 0 aromatic heterocycles. The Kier molecular flexibility index (Phi) is 5.05. The number of rotatable bonds is 5. The van der Waals surface area contributed by atoms with Gasteiger partial charge in [0.05, 0.1) is 17.9 Å². The van der Waals surface area contributed by atoms with Crippen LogP contribution in [0.4, 0.5) is 0 Å². The summed E-state index contributed by atoms with van der Waals surface area (Å²) in [5, 5.41) is 11.3. The van der Waals surface area contributed by atoms with E-state index in [1.165, 1.54) is 6.21 Å². The Morgan fingerprint density at radius 1 is 1.69 bits per heavy atom. The lowest BCUT2D eigenvalue weighted by molar-refractivity contribution is 0.241.